The Hall–Kier alpha value is -0.640. The first-order chi connectivity index (χ1) is 5.44. The van der Waals surface area contributed by atoms with Crippen LogP contribution < -0.4 is 5.32 Å². The fraction of sp³-hybridized carbons (Fsp3) is 0.333. The lowest BCUT2D eigenvalue weighted by Crippen LogP contribution is -2.33. The van der Waals surface area contributed by atoms with Crippen LogP contribution in [0.15, 0.2) is 0 Å². The van der Waals surface area contributed by atoms with E-state index in [-0.39, 0.29) is 5.75 Å². The third-order valence-corrected chi connectivity index (χ3v) is 5.63. The van der Waals surface area contributed by atoms with E-state index in [2.05, 4.69) is 7.26 Å². The molecule has 7 nitrogen and oxygen atoms in total. The van der Waals surface area contributed by atoms with E-state index in [9.17, 15) is 18.0 Å². The van der Waals surface area contributed by atoms with Crippen LogP contribution in [0, 0.1) is 0 Å². The molecule has 0 aromatic heterocycles. The number of imide groups is 1. The summed E-state index contributed by atoms with van der Waals surface area (Å²) in [4.78, 5) is 21.5. The van der Waals surface area contributed by atoms with Crippen LogP contribution in [0.1, 0.15) is 0 Å². The first-order valence-electron chi connectivity index (χ1n) is 2.75. The van der Waals surface area contributed by atoms with Gasteiger partial charge in [0.1, 0.15) is 5.75 Å². The van der Waals surface area contributed by atoms with Crippen molar-refractivity contribution >= 4 is 32.1 Å². The van der Waals surface area contributed by atoms with E-state index >= 15 is 0 Å². The molecular weight excluding hydrogens is 210 g/mol. The third-order valence-electron chi connectivity index (χ3n) is 1.23. The summed E-state index contributed by atoms with van der Waals surface area (Å²) in [7, 11) is -6.79. The predicted molar refractivity (Wildman–Crippen MR) is 37.1 cm³/mol. The van der Waals surface area contributed by atoms with Crippen molar-refractivity contribution in [1.82, 2.24) is 5.32 Å². The standard InChI is InChI=1S/C3H3NO6S2/c5-2-1-11(3(6)4-2)9-12(7,8)10-11/h1H2,(H,4,5,6). The van der Waals surface area contributed by atoms with Crippen LogP contribution in [0.3, 0.4) is 0 Å². The molecule has 0 radical (unpaired) electrons. The van der Waals surface area contributed by atoms with Gasteiger partial charge in [0.05, 0.1) is 0 Å². The highest BCUT2D eigenvalue weighted by Crippen LogP contribution is 2.63. The number of carbonyl (C=O) groups is 2. The van der Waals surface area contributed by atoms with Gasteiger partial charge in [-0.05, 0) is 0 Å². The SMILES string of the molecule is O=C1CS2(OS(=O)(=O)O2)C(=O)N1. The molecule has 9 heteroatoms. The quantitative estimate of drug-likeness (QED) is 0.563. The molecule has 2 saturated heterocycles. The summed E-state index contributed by atoms with van der Waals surface area (Å²) in [5, 5.41) is 1.10. The Bertz CT molecular complexity index is 358. The fourth-order valence-corrected chi connectivity index (χ4v) is 4.74. The summed E-state index contributed by atoms with van der Waals surface area (Å²) >= 11 is 0. The molecule has 2 aliphatic rings. The van der Waals surface area contributed by atoms with E-state index in [1.165, 1.54) is 0 Å². The summed E-state index contributed by atoms with van der Waals surface area (Å²) in [5.41, 5.74) is 0. The molecule has 2 amide bonds. The second-order valence-corrected chi connectivity index (χ2v) is 5.93. The molecule has 0 aromatic carbocycles. The van der Waals surface area contributed by atoms with Gasteiger partial charge in [0.15, 0.2) is 0 Å². The van der Waals surface area contributed by atoms with Crippen LogP contribution in [-0.4, -0.2) is 25.3 Å². The molecule has 68 valence electrons. The highest BCUT2D eigenvalue weighted by atomic mass is 32.4. The van der Waals surface area contributed by atoms with Gasteiger partial charge in [-0.2, -0.15) is 8.42 Å². The van der Waals surface area contributed by atoms with Crippen LogP contribution in [0.4, 0.5) is 4.79 Å². The molecule has 2 rings (SSSR count). The first-order valence-corrected chi connectivity index (χ1v) is 5.74. The van der Waals surface area contributed by atoms with Crippen molar-refractivity contribution in [2.24, 2.45) is 0 Å². The molecule has 12 heavy (non-hydrogen) atoms. The number of rotatable bonds is 0. The van der Waals surface area contributed by atoms with Crippen LogP contribution in [-0.2, 0) is 22.5 Å². The minimum atomic E-state index is -4.01. The Labute approximate surface area is 69.1 Å². The summed E-state index contributed by atoms with van der Waals surface area (Å²) < 4.78 is 29.3. The minimum absolute atomic E-state index is 0.328. The summed E-state index contributed by atoms with van der Waals surface area (Å²) in [5.74, 6) is -0.907. The van der Waals surface area contributed by atoms with Crippen molar-refractivity contribution in [1.29, 1.82) is 0 Å². The van der Waals surface area contributed by atoms with Gasteiger partial charge in [-0.15, -0.1) is 7.26 Å². The minimum Gasteiger partial charge on any atom is -0.277 e. The molecule has 0 saturated carbocycles. The lowest BCUT2D eigenvalue weighted by Gasteiger charge is -2.39. The van der Waals surface area contributed by atoms with Gasteiger partial charge in [-0.3, -0.25) is 10.1 Å². The van der Waals surface area contributed by atoms with Gasteiger partial charge in [0.25, 0.3) is 0 Å². The van der Waals surface area contributed by atoms with Gasteiger partial charge >= 0.3 is 15.6 Å². The maximum absolute atomic E-state index is 10.9. The van der Waals surface area contributed by atoms with E-state index < -0.39 is 32.1 Å². The summed E-state index contributed by atoms with van der Waals surface area (Å²) in [6, 6.07) is 0. The van der Waals surface area contributed by atoms with Crippen molar-refractivity contribution in [3.05, 3.63) is 0 Å². The molecular formula is C3H3NO6S2. The first kappa shape index (κ1) is 7.98. The maximum atomic E-state index is 10.9. The van der Waals surface area contributed by atoms with Crippen molar-refractivity contribution in [2.45, 2.75) is 0 Å². The highest BCUT2D eigenvalue weighted by molar-refractivity contribution is 8.47. The van der Waals surface area contributed by atoms with Crippen LogP contribution >= 0.6 is 10.6 Å². The Kier molecular flexibility index (Phi) is 1.32. The molecule has 0 aliphatic carbocycles. The zero-order valence-electron chi connectivity index (χ0n) is 5.47. The average Bonchev–Trinajstić information content (AvgIpc) is 2.04. The summed E-state index contributed by atoms with van der Waals surface area (Å²) in [6.45, 7) is 0. The van der Waals surface area contributed by atoms with Gasteiger partial charge in [-0.1, -0.05) is 10.6 Å². The second kappa shape index (κ2) is 1.99. The lowest BCUT2D eigenvalue weighted by atomic mass is 10.7. The van der Waals surface area contributed by atoms with Gasteiger partial charge in [0, 0.05) is 0 Å². The molecule has 1 spiro atoms. The molecule has 0 atom stereocenters. The van der Waals surface area contributed by atoms with Crippen molar-refractivity contribution in [3.63, 3.8) is 0 Å². The molecule has 0 unspecified atom stereocenters. The average molecular weight is 213 g/mol. The van der Waals surface area contributed by atoms with Gasteiger partial charge in [-0.25, -0.2) is 4.79 Å². The van der Waals surface area contributed by atoms with Crippen molar-refractivity contribution in [2.75, 3.05) is 5.75 Å². The number of amides is 2. The van der Waals surface area contributed by atoms with Crippen molar-refractivity contribution in [3.8, 4) is 0 Å². The molecule has 0 bridgehead atoms. The normalized spacial score (nSPS) is 32.7. The van der Waals surface area contributed by atoms with E-state index in [0.717, 1.165) is 0 Å². The van der Waals surface area contributed by atoms with Crippen LogP contribution in [0.5, 0.6) is 0 Å². The van der Waals surface area contributed by atoms with E-state index in [4.69, 9.17) is 0 Å². The van der Waals surface area contributed by atoms with Crippen molar-refractivity contribution < 1.29 is 25.3 Å². The zero-order valence-corrected chi connectivity index (χ0v) is 7.11. The van der Waals surface area contributed by atoms with Crippen LogP contribution in [0.25, 0.3) is 0 Å². The smallest absolute Gasteiger partial charge is 0.277 e. The number of carbonyl (C=O) groups excluding carboxylic acids is 2. The Morgan fingerprint density at radius 1 is 1.25 bits per heavy atom. The van der Waals surface area contributed by atoms with Gasteiger partial charge < -0.3 is 0 Å². The van der Waals surface area contributed by atoms with Crippen LogP contribution in [0.2, 0.25) is 0 Å². The monoisotopic (exact) mass is 213 g/mol. The maximum Gasteiger partial charge on any atom is 0.438 e. The Morgan fingerprint density at radius 3 is 2.17 bits per heavy atom. The second-order valence-electron chi connectivity index (χ2n) is 2.14. The van der Waals surface area contributed by atoms with E-state index in [0.29, 0.717) is 0 Å². The Balaban J connectivity index is 2.27. The Morgan fingerprint density at radius 2 is 1.83 bits per heavy atom. The molecule has 0 aromatic rings. The number of hydrogen-bond acceptors (Lipinski definition) is 6. The molecule has 2 heterocycles. The lowest BCUT2D eigenvalue weighted by molar-refractivity contribution is -0.117. The topological polar surface area (TPSA) is 98.8 Å². The van der Waals surface area contributed by atoms with Gasteiger partial charge in [0.2, 0.25) is 5.91 Å². The number of nitrogens with one attached hydrogen (secondary N) is 1. The van der Waals surface area contributed by atoms with E-state index in [1.807, 2.05) is 5.32 Å². The fourth-order valence-electron chi connectivity index (χ4n) is 0.850. The van der Waals surface area contributed by atoms with E-state index in [1.54, 1.807) is 0 Å². The molecule has 2 fully saturated rings. The highest BCUT2D eigenvalue weighted by Gasteiger charge is 2.56. The molecule has 1 N–H and O–H groups in total. The molecule has 2 aliphatic heterocycles. The zero-order chi connectivity index (χ0) is 8.98. The number of hydrogen-bond donors (Lipinski definition) is 1. The largest absolute Gasteiger partial charge is 0.438 e. The predicted octanol–water partition coefficient (Wildman–Crippen LogP) is -0.838. The third kappa shape index (κ3) is 0.941. The summed E-state index contributed by atoms with van der Waals surface area (Å²) in [6.07, 6.45) is 0.